The van der Waals surface area contributed by atoms with E-state index < -0.39 is 34.2 Å². The first kappa shape index (κ1) is 61.4. The molecule has 0 saturated carbocycles. The molecule has 0 saturated heterocycles. The van der Waals surface area contributed by atoms with Crippen molar-refractivity contribution in [2.75, 3.05) is 0 Å². The van der Waals surface area contributed by atoms with Crippen molar-refractivity contribution in [1.29, 1.82) is 0 Å². The summed E-state index contributed by atoms with van der Waals surface area (Å²) in [6, 6.07) is 0. The summed E-state index contributed by atoms with van der Waals surface area (Å²) in [5.41, 5.74) is -1.63. The van der Waals surface area contributed by atoms with Crippen molar-refractivity contribution < 1.29 is 70.5 Å². The summed E-state index contributed by atoms with van der Waals surface area (Å²) in [7, 11) is 0. The van der Waals surface area contributed by atoms with Gasteiger partial charge in [0, 0.05) is 34.2 Å². The Balaban J connectivity index is -0.000000351. The first-order chi connectivity index (χ1) is 25.9. The van der Waals surface area contributed by atoms with Crippen molar-refractivity contribution in [1.82, 2.24) is 0 Å². The standard InChI is InChI=1S/3C16H32O2.Nd/c3*1-4-7-10-11-14-16(15(17)18,12-8-5-2)13-9-6-3;/h3*4-14H2,1-3H3,(H,17,18);/q;;;+3/p-3. The van der Waals surface area contributed by atoms with E-state index in [9.17, 15) is 29.7 Å². The third kappa shape index (κ3) is 30.5. The molecular weight excluding hydrogens is 817 g/mol. The summed E-state index contributed by atoms with van der Waals surface area (Å²) in [6.45, 7) is 19.3. The third-order valence-corrected chi connectivity index (χ3v) is 11.9. The van der Waals surface area contributed by atoms with E-state index in [-0.39, 0.29) is 40.8 Å². The molecule has 0 bridgehead atoms. The average Bonchev–Trinajstić information content (AvgIpc) is 3.16. The molecule has 0 amide bonds. The predicted molar refractivity (Wildman–Crippen MR) is 226 cm³/mol. The van der Waals surface area contributed by atoms with Crippen molar-refractivity contribution in [3.05, 3.63) is 0 Å². The number of carboxylic acid groups (broad SMARTS) is 3. The van der Waals surface area contributed by atoms with E-state index in [2.05, 4.69) is 62.3 Å². The summed E-state index contributed by atoms with van der Waals surface area (Å²) < 4.78 is 0. The van der Waals surface area contributed by atoms with Gasteiger partial charge in [0.15, 0.2) is 0 Å². The van der Waals surface area contributed by atoms with E-state index in [1.54, 1.807) is 0 Å². The van der Waals surface area contributed by atoms with Crippen LogP contribution in [0.1, 0.15) is 274 Å². The SMILES string of the molecule is CCCCCCC(CCCC)(CCCC)C(=O)[O-].CCCCCCC(CCCC)(CCCC)C(=O)[O-].CCCCCCC(CCCC)(CCCC)C(=O)[O-].[Nd+3]. The molecule has 1 radical (unpaired) electrons. The molecule has 7 heteroatoms. The molecule has 0 fully saturated rings. The molecule has 325 valence electrons. The molecule has 0 spiro atoms. The molecule has 6 nitrogen and oxygen atoms in total. The van der Waals surface area contributed by atoms with Gasteiger partial charge in [-0.1, -0.05) is 216 Å². The Kier molecular flexibility index (Phi) is 46.8. The zero-order valence-electron chi connectivity index (χ0n) is 38.3. The van der Waals surface area contributed by atoms with Crippen LogP contribution in [0, 0.1) is 57.1 Å². The first-order valence-electron chi connectivity index (χ1n) is 23.5. The van der Waals surface area contributed by atoms with Crippen LogP contribution in [-0.4, -0.2) is 17.9 Å². The van der Waals surface area contributed by atoms with Crippen LogP contribution in [0.2, 0.25) is 0 Å². The molecule has 55 heavy (non-hydrogen) atoms. The van der Waals surface area contributed by atoms with Crippen LogP contribution in [0.4, 0.5) is 0 Å². The summed E-state index contributed by atoms with van der Waals surface area (Å²) in [4.78, 5) is 34.8. The van der Waals surface area contributed by atoms with Crippen molar-refractivity contribution >= 4 is 17.9 Å². The second-order valence-electron chi connectivity index (χ2n) is 16.8. The third-order valence-electron chi connectivity index (χ3n) is 11.9. The summed E-state index contributed by atoms with van der Waals surface area (Å²) in [5.74, 6) is -2.41. The molecule has 0 aromatic heterocycles. The van der Waals surface area contributed by atoms with Gasteiger partial charge >= 0.3 is 40.8 Å². The van der Waals surface area contributed by atoms with Gasteiger partial charge in [-0.05, 0) is 57.8 Å². The van der Waals surface area contributed by atoms with Crippen LogP contribution in [0.5, 0.6) is 0 Å². The fourth-order valence-electron chi connectivity index (χ4n) is 7.81. The second kappa shape index (κ2) is 41.9. The molecule has 0 atom stereocenters. The smallest absolute Gasteiger partial charge is 0.550 e. The number of carboxylic acids is 3. The van der Waals surface area contributed by atoms with E-state index in [1.165, 1.54) is 38.5 Å². The molecule has 0 aromatic rings. The Labute approximate surface area is 376 Å². The van der Waals surface area contributed by atoms with Crippen molar-refractivity contribution in [2.45, 2.75) is 274 Å². The van der Waals surface area contributed by atoms with E-state index >= 15 is 0 Å². The van der Waals surface area contributed by atoms with Crippen molar-refractivity contribution in [3.8, 4) is 0 Å². The molecule has 0 unspecified atom stereocenters. The number of unbranched alkanes of at least 4 members (excludes halogenated alkanes) is 15. The van der Waals surface area contributed by atoms with Crippen LogP contribution in [0.25, 0.3) is 0 Å². The number of carbonyl (C=O) groups is 3. The second-order valence-corrected chi connectivity index (χ2v) is 16.8. The van der Waals surface area contributed by atoms with Gasteiger partial charge in [0.1, 0.15) is 0 Å². The van der Waals surface area contributed by atoms with E-state index in [0.29, 0.717) is 0 Å². The number of hydrogen-bond acceptors (Lipinski definition) is 6. The van der Waals surface area contributed by atoms with Gasteiger partial charge in [0.2, 0.25) is 0 Å². The van der Waals surface area contributed by atoms with Gasteiger partial charge in [0.25, 0.3) is 0 Å². The Morgan fingerprint density at radius 3 is 0.545 bits per heavy atom. The fourth-order valence-corrected chi connectivity index (χ4v) is 7.81. The fraction of sp³-hybridized carbons (Fsp3) is 0.938. The predicted octanol–water partition coefficient (Wildman–Crippen LogP) is 12.2. The van der Waals surface area contributed by atoms with Crippen LogP contribution < -0.4 is 15.3 Å². The minimum atomic E-state index is -0.805. The summed E-state index contributed by atoms with van der Waals surface area (Å²) >= 11 is 0. The minimum Gasteiger partial charge on any atom is -0.550 e. The van der Waals surface area contributed by atoms with Gasteiger partial charge in [-0.2, -0.15) is 0 Å². The monoisotopic (exact) mass is 908 g/mol. The van der Waals surface area contributed by atoms with Gasteiger partial charge in [0.05, 0.1) is 0 Å². The number of carbonyl (C=O) groups excluding carboxylic acids is 3. The van der Waals surface area contributed by atoms with Crippen LogP contribution in [0.3, 0.4) is 0 Å². The van der Waals surface area contributed by atoms with Crippen molar-refractivity contribution in [3.63, 3.8) is 0 Å². The van der Waals surface area contributed by atoms with E-state index in [0.717, 1.165) is 173 Å². The minimum absolute atomic E-state index is 0. The molecule has 0 heterocycles. The van der Waals surface area contributed by atoms with E-state index in [4.69, 9.17) is 0 Å². The molecule has 0 rings (SSSR count). The molecule has 0 aliphatic heterocycles. The van der Waals surface area contributed by atoms with Gasteiger partial charge < -0.3 is 29.7 Å². The maximum Gasteiger partial charge on any atom is 3.00 e. The van der Waals surface area contributed by atoms with Crippen LogP contribution >= 0.6 is 0 Å². The molecule has 0 N–H and O–H groups in total. The summed E-state index contributed by atoms with van der Waals surface area (Å²) in [5, 5.41) is 34.8. The van der Waals surface area contributed by atoms with Crippen molar-refractivity contribution in [2.24, 2.45) is 16.2 Å². The number of hydrogen-bond donors (Lipinski definition) is 0. The Hall–Kier alpha value is -0.239. The Morgan fingerprint density at radius 1 is 0.273 bits per heavy atom. The van der Waals surface area contributed by atoms with E-state index in [1.807, 2.05) is 0 Å². The largest absolute Gasteiger partial charge is 3.00 e. The summed E-state index contributed by atoms with van der Waals surface area (Å²) in [6.07, 6.45) is 33.5. The number of aliphatic carboxylic acids is 3. The normalized spacial score (nSPS) is 11.5. The first-order valence-corrected chi connectivity index (χ1v) is 23.5. The van der Waals surface area contributed by atoms with Gasteiger partial charge in [-0.15, -0.1) is 0 Å². The average molecular weight is 911 g/mol. The molecule has 0 aliphatic rings. The van der Waals surface area contributed by atoms with Crippen LogP contribution in [0.15, 0.2) is 0 Å². The topological polar surface area (TPSA) is 120 Å². The maximum absolute atomic E-state index is 11.6. The zero-order chi connectivity index (χ0) is 41.6. The Morgan fingerprint density at radius 2 is 0.418 bits per heavy atom. The molecule has 0 aromatic carbocycles. The van der Waals surface area contributed by atoms with Crippen LogP contribution in [-0.2, 0) is 14.4 Å². The molecular formula is C48H93NdO6. The number of rotatable bonds is 36. The maximum atomic E-state index is 11.6. The van der Waals surface area contributed by atoms with Gasteiger partial charge in [-0.3, -0.25) is 0 Å². The zero-order valence-corrected chi connectivity index (χ0v) is 41.5. The van der Waals surface area contributed by atoms with Gasteiger partial charge in [-0.25, -0.2) is 0 Å². The quantitative estimate of drug-likeness (QED) is 0.0577. The molecule has 0 aliphatic carbocycles. The Bertz CT molecular complexity index is 726.